The number of ether oxygens (including phenoxy) is 2. The van der Waals surface area contributed by atoms with E-state index in [2.05, 4.69) is 20.6 Å². The molecule has 3 aromatic heterocycles. The molecule has 2 aliphatic rings. The molecule has 12 nitrogen and oxygen atoms in total. The molecule has 1 saturated carbocycles. The molecule has 3 aromatic rings. The van der Waals surface area contributed by atoms with Crippen molar-refractivity contribution in [3.8, 4) is 0 Å². The molecule has 1 aliphatic carbocycles. The van der Waals surface area contributed by atoms with Gasteiger partial charge in [-0.3, -0.25) is 14.4 Å². The van der Waals surface area contributed by atoms with E-state index in [-0.39, 0.29) is 77.3 Å². The number of carbonyl (C=O) groups is 4. The summed E-state index contributed by atoms with van der Waals surface area (Å²) in [5.41, 5.74) is 0.151. The van der Waals surface area contributed by atoms with Crippen molar-refractivity contribution in [1.82, 2.24) is 14.9 Å². The number of halogens is 1. The molecule has 222 valence electrons. The molecule has 0 spiro atoms. The Morgan fingerprint density at radius 3 is 2.64 bits per heavy atom. The van der Waals surface area contributed by atoms with Crippen LogP contribution < -0.4 is 10.6 Å². The van der Waals surface area contributed by atoms with E-state index in [0.717, 1.165) is 25.7 Å². The van der Waals surface area contributed by atoms with Gasteiger partial charge < -0.3 is 29.4 Å². The van der Waals surface area contributed by atoms with Gasteiger partial charge in [0.1, 0.15) is 23.7 Å². The zero-order chi connectivity index (χ0) is 29.6. The quantitative estimate of drug-likeness (QED) is 0.341. The number of fused-ring (bicyclic) bond motifs is 1. The Hall–Kier alpha value is -4.03. The van der Waals surface area contributed by atoms with Gasteiger partial charge in [0.15, 0.2) is 5.69 Å². The van der Waals surface area contributed by atoms with Crippen LogP contribution >= 0.6 is 11.6 Å². The summed E-state index contributed by atoms with van der Waals surface area (Å²) in [5.74, 6) is -1.59. The lowest BCUT2D eigenvalue weighted by molar-refractivity contribution is -0.146. The number of carbonyl (C=O) groups excluding carboxylic acids is 4. The summed E-state index contributed by atoms with van der Waals surface area (Å²) < 4.78 is 16.4. The molecule has 2 fully saturated rings. The Morgan fingerprint density at radius 1 is 1.12 bits per heavy atom. The summed E-state index contributed by atoms with van der Waals surface area (Å²) in [4.78, 5) is 61.9. The maximum Gasteiger partial charge on any atom is 0.357 e. The van der Waals surface area contributed by atoms with E-state index in [9.17, 15) is 19.2 Å². The minimum atomic E-state index is -0.693. The number of rotatable bonds is 9. The van der Waals surface area contributed by atoms with Gasteiger partial charge in [-0.1, -0.05) is 18.5 Å². The molecule has 0 aromatic carbocycles. The largest absolute Gasteiger partial charge is 0.461 e. The fourth-order valence-corrected chi connectivity index (χ4v) is 5.51. The smallest absolute Gasteiger partial charge is 0.357 e. The van der Waals surface area contributed by atoms with Crippen molar-refractivity contribution in [2.24, 2.45) is 5.92 Å². The zero-order valence-electron chi connectivity index (χ0n) is 23.2. The first kappa shape index (κ1) is 29.5. The molecule has 5 rings (SSSR count). The second-order valence-electron chi connectivity index (χ2n) is 10.4. The number of furan rings is 1. The van der Waals surface area contributed by atoms with Crippen LogP contribution in [0.15, 0.2) is 35.0 Å². The molecule has 3 amide bonds. The van der Waals surface area contributed by atoms with Crippen LogP contribution in [0.3, 0.4) is 0 Å². The van der Waals surface area contributed by atoms with Crippen LogP contribution in [0.4, 0.5) is 11.5 Å². The first-order chi connectivity index (χ1) is 20.3. The van der Waals surface area contributed by atoms with E-state index in [1.807, 2.05) is 11.8 Å². The average molecular weight is 598 g/mol. The first-order valence-electron chi connectivity index (χ1n) is 14.0. The van der Waals surface area contributed by atoms with Gasteiger partial charge in [-0.15, -0.1) is 0 Å². The van der Waals surface area contributed by atoms with Crippen LogP contribution in [0, 0.1) is 5.92 Å². The highest BCUT2D eigenvalue weighted by molar-refractivity contribution is 6.30. The number of aromatic nitrogens is 2. The monoisotopic (exact) mass is 597 g/mol. The van der Waals surface area contributed by atoms with Gasteiger partial charge in [0.25, 0.3) is 5.91 Å². The van der Waals surface area contributed by atoms with Gasteiger partial charge in [-0.05, 0) is 56.2 Å². The molecule has 0 unspecified atom stereocenters. The van der Waals surface area contributed by atoms with Crippen LogP contribution in [-0.4, -0.2) is 71.0 Å². The van der Waals surface area contributed by atoms with E-state index >= 15 is 0 Å². The van der Waals surface area contributed by atoms with Crippen molar-refractivity contribution >= 4 is 57.8 Å². The predicted molar refractivity (Wildman–Crippen MR) is 153 cm³/mol. The third-order valence-corrected chi connectivity index (χ3v) is 7.65. The van der Waals surface area contributed by atoms with Gasteiger partial charge >= 0.3 is 5.97 Å². The lowest BCUT2D eigenvalue weighted by Gasteiger charge is -2.38. The molecule has 0 bridgehead atoms. The van der Waals surface area contributed by atoms with Crippen LogP contribution in [0.25, 0.3) is 11.0 Å². The average Bonchev–Trinajstić information content (AvgIpc) is 3.36. The number of amides is 3. The summed E-state index contributed by atoms with van der Waals surface area (Å²) >= 11 is 5.90. The Morgan fingerprint density at radius 2 is 1.93 bits per heavy atom. The number of hydrogen-bond acceptors (Lipinski definition) is 9. The maximum atomic E-state index is 13.4. The van der Waals surface area contributed by atoms with Crippen LogP contribution in [-0.2, 0) is 19.1 Å². The molecule has 0 radical (unpaired) electrons. The molecule has 1 saturated heterocycles. The standard InChI is InChI=1S/C29H32ClN5O7/c1-2-12-41-29(39)26-24-20(9-10-31-26)42-27(28(38)33-21-8-5-18(30)15-32-21)25(24)34-22(36)14-17-3-6-19(7-4-17)35-11-13-40-16-23(35)37/h5,8-10,15,17,19H,2-4,6-7,11-14,16H2,1H3,(H,34,36)(H,32,33,38). The summed E-state index contributed by atoms with van der Waals surface area (Å²) in [5, 5.41) is 6.03. The first-order valence-corrected chi connectivity index (χ1v) is 14.4. The van der Waals surface area contributed by atoms with E-state index in [1.165, 1.54) is 24.5 Å². The Bertz CT molecular complexity index is 1470. The highest BCUT2D eigenvalue weighted by atomic mass is 35.5. The van der Waals surface area contributed by atoms with Gasteiger partial charge in [-0.2, -0.15) is 0 Å². The number of esters is 1. The molecule has 4 heterocycles. The van der Waals surface area contributed by atoms with Gasteiger partial charge in [0, 0.05) is 31.4 Å². The molecule has 42 heavy (non-hydrogen) atoms. The number of morpholine rings is 1. The van der Waals surface area contributed by atoms with Crippen LogP contribution in [0.1, 0.15) is 66.5 Å². The molecular formula is C29H32ClN5O7. The lowest BCUT2D eigenvalue weighted by atomic mass is 9.83. The number of hydrogen-bond donors (Lipinski definition) is 2. The Balaban J connectivity index is 1.36. The fraction of sp³-hybridized carbons (Fsp3) is 0.448. The van der Waals surface area contributed by atoms with E-state index in [1.54, 1.807) is 6.07 Å². The van der Waals surface area contributed by atoms with Gasteiger partial charge in [0.2, 0.25) is 17.6 Å². The van der Waals surface area contributed by atoms with Crippen LogP contribution in [0.2, 0.25) is 5.02 Å². The number of pyridine rings is 2. The molecular weight excluding hydrogens is 566 g/mol. The molecule has 0 atom stereocenters. The second-order valence-corrected chi connectivity index (χ2v) is 10.8. The second kappa shape index (κ2) is 13.3. The summed E-state index contributed by atoms with van der Waals surface area (Å²) in [6, 6.07) is 4.75. The van der Waals surface area contributed by atoms with Crippen LogP contribution in [0.5, 0.6) is 0 Å². The van der Waals surface area contributed by atoms with Crippen molar-refractivity contribution < 1.29 is 33.1 Å². The normalized spacial score (nSPS) is 19.0. The highest BCUT2D eigenvalue weighted by Crippen LogP contribution is 2.35. The third-order valence-electron chi connectivity index (χ3n) is 7.43. The summed E-state index contributed by atoms with van der Waals surface area (Å²) in [6.45, 7) is 3.30. The van der Waals surface area contributed by atoms with Gasteiger partial charge in [0.05, 0.1) is 23.6 Å². The van der Waals surface area contributed by atoms with E-state index < -0.39 is 11.9 Å². The third kappa shape index (κ3) is 6.71. The number of anilines is 2. The Kier molecular flexibility index (Phi) is 9.33. The summed E-state index contributed by atoms with van der Waals surface area (Å²) in [6.07, 6.45) is 6.73. The topological polar surface area (TPSA) is 153 Å². The van der Waals surface area contributed by atoms with E-state index in [0.29, 0.717) is 24.6 Å². The minimum absolute atomic E-state index is 0.00997. The molecule has 13 heteroatoms. The van der Waals surface area contributed by atoms with Crippen molar-refractivity contribution in [2.45, 2.75) is 51.5 Å². The zero-order valence-corrected chi connectivity index (χ0v) is 23.9. The highest BCUT2D eigenvalue weighted by Gasteiger charge is 2.32. The van der Waals surface area contributed by atoms with Gasteiger partial charge in [-0.25, -0.2) is 14.8 Å². The lowest BCUT2D eigenvalue weighted by Crippen LogP contribution is -2.49. The fourth-order valence-electron chi connectivity index (χ4n) is 5.39. The van der Waals surface area contributed by atoms with Crippen molar-refractivity contribution in [1.29, 1.82) is 0 Å². The minimum Gasteiger partial charge on any atom is -0.461 e. The molecule has 2 N–H and O–H groups in total. The Labute approximate surface area is 247 Å². The number of nitrogens with zero attached hydrogens (tertiary/aromatic N) is 3. The van der Waals surface area contributed by atoms with Crippen molar-refractivity contribution in [3.05, 3.63) is 47.1 Å². The van der Waals surface area contributed by atoms with E-state index in [4.69, 9.17) is 25.5 Å². The van der Waals surface area contributed by atoms with Crippen molar-refractivity contribution in [3.63, 3.8) is 0 Å². The predicted octanol–water partition coefficient (Wildman–Crippen LogP) is 4.44. The maximum absolute atomic E-state index is 13.4. The summed E-state index contributed by atoms with van der Waals surface area (Å²) in [7, 11) is 0. The SMILES string of the molecule is CCCOC(=O)c1nccc2oc(C(=O)Nc3ccc(Cl)cn3)c(NC(=O)CC3CCC(N4CCOCC4=O)CC3)c12. The molecule has 1 aliphatic heterocycles. The van der Waals surface area contributed by atoms with Crippen molar-refractivity contribution in [2.75, 3.05) is 37.0 Å². The number of nitrogens with one attached hydrogen (secondary N) is 2.